The van der Waals surface area contributed by atoms with Gasteiger partial charge in [-0.15, -0.1) is 0 Å². The lowest BCUT2D eigenvalue weighted by atomic mass is 10.1. The first-order chi connectivity index (χ1) is 12.6. The van der Waals surface area contributed by atoms with E-state index in [0.717, 1.165) is 31.9 Å². The van der Waals surface area contributed by atoms with Crippen molar-refractivity contribution in [2.45, 2.75) is 56.8 Å². The number of aromatic nitrogens is 2. The van der Waals surface area contributed by atoms with E-state index in [1.165, 1.54) is 10.6 Å². The molecule has 3 rings (SSSR count). The summed E-state index contributed by atoms with van der Waals surface area (Å²) in [6.45, 7) is 0.731. The molecule has 0 unspecified atom stereocenters. The Morgan fingerprint density at radius 2 is 1.67 bits per heavy atom. The molecule has 7 nitrogen and oxygen atoms in total. The van der Waals surface area contributed by atoms with Crippen molar-refractivity contribution in [3.05, 3.63) is 11.8 Å². The highest BCUT2D eigenvalue weighted by Crippen LogP contribution is 2.35. The average Bonchev–Trinajstić information content (AvgIpc) is 3.06. The molecule has 2 N–H and O–H groups in total. The van der Waals surface area contributed by atoms with Gasteiger partial charge in [-0.05, 0) is 25.7 Å². The van der Waals surface area contributed by atoms with Gasteiger partial charge in [-0.25, -0.2) is 17.7 Å². The molecule has 152 valence electrons. The van der Waals surface area contributed by atoms with Gasteiger partial charge in [0.2, 0.25) is 16.0 Å². The molecular formula is C16H24F3N5O2S. The Labute approximate surface area is 156 Å². The van der Waals surface area contributed by atoms with Crippen LogP contribution in [0.25, 0.3) is 0 Å². The average molecular weight is 407 g/mol. The molecular weight excluding hydrogens is 383 g/mol. The molecule has 1 saturated carbocycles. The number of nitrogens with one attached hydrogen (secondary N) is 2. The first-order valence-electron chi connectivity index (χ1n) is 9.05. The van der Waals surface area contributed by atoms with Crippen LogP contribution in [0.1, 0.15) is 44.1 Å². The lowest BCUT2D eigenvalue weighted by molar-refractivity contribution is -0.137. The zero-order valence-electron chi connectivity index (χ0n) is 15.1. The summed E-state index contributed by atoms with van der Waals surface area (Å²) < 4.78 is 64.3. The Balaban J connectivity index is 1.70. The number of nitrogens with zero attached hydrogens (tertiary/aromatic N) is 3. The molecule has 0 bridgehead atoms. The summed E-state index contributed by atoms with van der Waals surface area (Å²) in [6, 6.07) is -0.0917. The molecule has 11 heteroatoms. The molecule has 0 amide bonds. The predicted octanol–water partition coefficient (Wildman–Crippen LogP) is 2.69. The smallest absolute Gasteiger partial charge is 0.367 e. The third kappa shape index (κ3) is 5.22. The fraction of sp³-hybridized carbons (Fsp3) is 0.750. The number of hydrogen-bond donors (Lipinski definition) is 2. The van der Waals surface area contributed by atoms with E-state index in [2.05, 4.69) is 20.6 Å². The summed E-state index contributed by atoms with van der Waals surface area (Å²) >= 11 is 0. The van der Waals surface area contributed by atoms with Gasteiger partial charge in [-0.3, -0.25) is 0 Å². The SMILES string of the molecule is CS(=O)(=O)N1CCC(Nc2ncc(C(F)(F)F)c(NC3CCCC3)n2)CC1. The molecule has 0 spiro atoms. The molecule has 1 aromatic heterocycles. The quantitative estimate of drug-likeness (QED) is 0.780. The number of hydrogen-bond acceptors (Lipinski definition) is 6. The first kappa shape index (κ1) is 20.1. The van der Waals surface area contributed by atoms with Gasteiger partial charge >= 0.3 is 6.18 Å². The van der Waals surface area contributed by atoms with Gasteiger partial charge < -0.3 is 10.6 Å². The van der Waals surface area contributed by atoms with Gasteiger partial charge in [0.15, 0.2) is 0 Å². The summed E-state index contributed by atoms with van der Waals surface area (Å²) in [4.78, 5) is 7.91. The summed E-state index contributed by atoms with van der Waals surface area (Å²) in [5, 5.41) is 5.97. The third-order valence-corrected chi connectivity index (χ3v) is 6.35. The van der Waals surface area contributed by atoms with Crippen LogP contribution in [-0.4, -0.2) is 54.1 Å². The van der Waals surface area contributed by atoms with Crippen molar-refractivity contribution in [2.24, 2.45) is 0 Å². The van der Waals surface area contributed by atoms with E-state index in [1.807, 2.05) is 0 Å². The lowest BCUT2D eigenvalue weighted by Crippen LogP contribution is -2.42. The normalized spacial score (nSPS) is 20.7. The van der Waals surface area contributed by atoms with Crippen LogP contribution in [0.3, 0.4) is 0 Å². The Morgan fingerprint density at radius 3 is 2.22 bits per heavy atom. The fourth-order valence-corrected chi connectivity index (χ4v) is 4.42. The number of alkyl halides is 3. The summed E-state index contributed by atoms with van der Waals surface area (Å²) in [5.41, 5.74) is -0.869. The Morgan fingerprint density at radius 1 is 1.07 bits per heavy atom. The minimum absolute atomic E-state index is 0.00755. The molecule has 0 aromatic carbocycles. The maximum atomic E-state index is 13.3. The highest BCUT2D eigenvalue weighted by molar-refractivity contribution is 7.88. The zero-order valence-corrected chi connectivity index (χ0v) is 15.9. The molecule has 2 fully saturated rings. The Bertz CT molecular complexity index is 758. The molecule has 2 heterocycles. The highest BCUT2D eigenvalue weighted by atomic mass is 32.2. The van der Waals surface area contributed by atoms with Gasteiger partial charge in [-0.1, -0.05) is 12.8 Å². The van der Waals surface area contributed by atoms with Gasteiger partial charge in [0.1, 0.15) is 11.4 Å². The van der Waals surface area contributed by atoms with Crippen molar-refractivity contribution in [1.82, 2.24) is 14.3 Å². The van der Waals surface area contributed by atoms with E-state index >= 15 is 0 Å². The van der Waals surface area contributed by atoms with Crippen molar-refractivity contribution in [2.75, 3.05) is 30.0 Å². The van der Waals surface area contributed by atoms with Crippen LogP contribution in [0.5, 0.6) is 0 Å². The minimum Gasteiger partial charge on any atom is -0.367 e. The molecule has 1 aliphatic heterocycles. The standard InChI is InChI=1S/C16H24F3N5O2S/c1-27(25,26)24-8-6-12(7-9-24)22-15-20-10-13(16(17,18)19)14(23-15)21-11-4-2-3-5-11/h10-12H,2-9H2,1H3,(H2,20,21,22,23). The van der Waals surface area contributed by atoms with E-state index in [4.69, 9.17) is 0 Å². The number of halogens is 3. The molecule has 0 radical (unpaired) electrons. The summed E-state index contributed by atoms with van der Waals surface area (Å²) in [6.07, 6.45) is 2.18. The van der Waals surface area contributed by atoms with Gasteiger partial charge in [0.05, 0.1) is 6.26 Å². The van der Waals surface area contributed by atoms with Crippen molar-refractivity contribution < 1.29 is 21.6 Å². The maximum absolute atomic E-state index is 13.3. The molecule has 27 heavy (non-hydrogen) atoms. The van der Waals surface area contributed by atoms with E-state index in [1.54, 1.807) is 0 Å². The molecule has 0 atom stereocenters. The number of anilines is 2. The molecule has 2 aliphatic rings. The number of piperidine rings is 1. The largest absolute Gasteiger partial charge is 0.421 e. The fourth-order valence-electron chi connectivity index (χ4n) is 3.55. The van der Waals surface area contributed by atoms with Crippen molar-refractivity contribution in [1.29, 1.82) is 0 Å². The van der Waals surface area contributed by atoms with Crippen LogP contribution in [0, 0.1) is 0 Å². The lowest BCUT2D eigenvalue weighted by Gasteiger charge is -2.30. The first-order valence-corrected chi connectivity index (χ1v) is 10.9. The third-order valence-electron chi connectivity index (χ3n) is 5.05. The van der Waals surface area contributed by atoms with E-state index in [-0.39, 0.29) is 23.8 Å². The summed E-state index contributed by atoms with van der Waals surface area (Å²) in [5.74, 6) is -0.0678. The number of sulfonamides is 1. The molecule has 1 saturated heterocycles. The van der Waals surface area contributed by atoms with Crippen LogP contribution in [-0.2, 0) is 16.2 Å². The Kier molecular flexibility index (Phi) is 5.80. The van der Waals surface area contributed by atoms with Gasteiger partial charge in [0.25, 0.3) is 0 Å². The predicted molar refractivity (Wildman–Crippen MR) is 96.0 cm³/mol. The van der Waals surface area contributed by atoms with E-state index in [0.29, 0.717) is 25.9 Å². The minimum atomic E-state index is -4.53. The second kappa shape index (κ2) is 7.78. The van der Waals surface area contributed by atoms with E-state index < -0.39 is 21.8 Å². The monoisotopic (exact) mass is 407 g/mol. The molecule has 1 aromatic rings. The van der Waals surface area contributed by atoms with Crippen LogP contribution < -0.4 is 10.6 Å². The van der Waals surface area contributed by atoms with Crippen molar-refractivity contribution in [3.8, 4) is 0 Å². The van der Waals surface area contributed by atoms with Crippen LogP contribution in [0.15, 0.2) is 6.20 Å². The van der Waals surface area contributed by atoms with Crippen LogP contribution in [0.4, 0.5) is 24.9 Å². The summed E-state index contributed by atoms with van der Waals surface area (Å²) in [7, 11) is -3.23. The number of rotatable bonds is 5. The zero-order chi connectivity index (χ0) is 19.7. The van der Waals surface area contributed by atoms with E-state index in [9.17, 15) is 21.6 Å². The maximum Gasteiger partial charge on any atom is 0.421 e. The molecule has 1 aliphatic carbocycles. The van der Waals surface area contributed by atoms with Gasteiger partial charge in [-0.2, -0.15) is 18.2 Å². The van der Waals surface area contributed by atoms with Crippen LogP contribution >= 0.6 is 0 Å². The Hall–Kier alpha value is -1.62. The van der Waals surface area contributed by atoms with Crippen molar-refractivity contribution >= 4 is 21.8 Å². The topological polar surface area (TPSA) is 87.2 Å². The highest BCUT2D eigenvalue weighted by Gasteiger charge is 2.36. The second-order valence-electron chi connectivity index (χ2n) is 7.16. The second-order valence-corrected chi connectivity index (χ2v) is 9.14. The van der Waals surface area contributed by atoms with Gasteiger partial charge in [0, 0.05) is 31.4 Å². The van der Waals surface area contributed by atoms with Crippen molar-refractivity contribution in [3.63, 3.8) is 0 Å². The van der Waals surface area contributed by atoms with Crippen LogP contribution in [0.2, 0.25) is 0 Å².